The van der Waals surface area contributed by atoms with Gasteiger partial charge < -0.3 is 33.8 Å². The molecular formula is C28H34B2N8O5. The summed E-state index contributed by atoms with van der Waals surface area (Å²) in [6, 6.07) is 4.35. The Morgan fingerprint density at radius 1 is 1.05 bits per heavy atom. The fraction of sp³-hybridized carbons (Fsp3) is 0.500. The first-order chi connectivity index (χ1) is 20.9. The number of nitrogens with zero attached hydrogens (tertiary/aromatic N) is 8. The molecule has 2 saturated carbocycles. The second-order valence-corrected chi connectivity index (χ2v) is 12.1. The number of anilines is 1. The van der Waals surface area contributed by atoms with Crippen LogP contribution < -0.4 is 14.4 Å². The topological polar surface area (TPSA) is 135 Å². The number of fused-ring (bicyclic) bond motifs is 1. The summed E-state index contributed by atoms with van der Waals surface area (Å²) in [4.78, 5) is 27.8. The lowest BCUT2D eigenvalue weighted by Crippen LogP contribution is -2.37. The van der Waals surface area contributed by atoms with E-state index in [1.807, 2.05) is 46.5 Å². The first kappa shape index (κ1) is 27.7. The molecule has 15 heteroatoms. The van der Waals surface area contributed by atoms with Gasteiger partial charge in [0.1, 0.15) is 23.7 Å². The van der Waals surface area contributed by atoms with Crippen LogP contribution in [-0.2, 0) is 10.1 Å². The molecule has 7 rings (SSSR count). The molecule has 0 radical (unpaired) electrons. The van der Waals surface area contributed by atoms with Crippen LogP contribution in [0.15, 0.2) is 43.2 Å². The van der Waals surface area contributed by atoms with Crippen LogP contribution in [0.1, 0.15) is 56.2 Å². The second-order valence-electron chi connectivity index (χ2n) is 12.1. The van der Waals surface area contributed by atoms with Crippen molar-refractivity contribution in [3.63, 3.8) is 0 Å². The first-order valence-electron chi connectivity index (χ1n) is 15.0. The average molecular weight is 584 g/mol. The molecule has 43 heavy (non-hydrogen) atoms. The number of nitro groups is 1. The molecule has 4 aromatic rings. The largest absolute Gasteiger partial charge is 0.499 e. The Morgan fingerprint density at radius 2 is 1.81 bits per heavy atom. The molecule has 0 aromatic carbocycles. The Bertz CT molecular complexity index is 1610. The maximum absolute atomic E-state index is 12.0. The summed E-state index contributed by atoms with van der Waals surface area (Å²) >= 11 is 0. The summed E-state index contributed by atoms with van der Waals surface area (Å²) in [5, 5.41) is 16.1. The van der Waals surface area contributed by atoms with Crippen molar-refractivity contribution in [3.8, 4) is 11.6 Å². The van der Waals surface area contributed by atoms with Crippen LogP contribution in [-0.4, -0.2) is 82.3 Å². The van der Waals surface area contributed by atoms with Crippen molar-refractivity contribution in [2.75, 3.05) is 31.2 Å². The van der Waals surface area contributed by atoms with E-state index in [0.29, 0.717) is 36.4 Å². The zero-order valence-electron chi connectivity index (χ0n) is 24.5. The van der Waals surface area contributed by atoms with E-state index in [0.717, 1.165) is 68.3 Å². The van der Waals surface area contributed by atoms with Crippen molar-refractivity contribution in [1.82, 2.24) is 29.3 Å². The van der Waals surface area contributed by atoms with Crippen molar-refractivity contribution < 1.29 is 19.1 Å². The average Bonchev–Trinajstić information content (AvgIpc) is 3.49. The lowest BCUT2D eigenvalue weighted by molar-refractivity contribution is -0.393. The molecule has 0 N–H and O–H groups in total. The van der Waals surface area contributed by atoms with Crippen molar-refractivity contribution in [2.24, 2.45) is 0 Å². The van der Waals surface area contributed by atoms with E-state index in [-0.39, 0.29) is 22.9 Å². The molecule has 1 aliphatic heterocycles. The third-order valence-corrected chi connectivity index (χ3v) is 8.67. The fourth-order valence-corrected chi connectivity index (χ4v) is 6.16. The molecule has 222 valence electrons. The van der Waals surface area contributed by atoms with E-state index in [2.05, 4.69) is 19.5 Å². The molecule has 1 saturated heterocycles. The number of imidazole rings is 1. The number of morpholine rings is 1. The summed E-state index contributed by atoms with van der Waals surface area (Å²) < 4.78 is 22.3. The van der Waals surface area contributed by atoms with E-state index in [1.54, 1.807) is 12.4 Å². The predicted octanol–water partition coefficient (Wildman–Crippen LogP) is 2.12. The summed E-state index contributed by atoms with van der Waals surface area (Å²) in [5.41, 5.74) is 1.17. The van der Waals surface area contributed by atoms with Crippen molar-refractivity contribution in [2.45, 2.75) is 62.1 Å². The van der Waals surface area contributed by atoms with Crippen LogP contribution in [0.2, 0.25) is 0 Å². The molecule has 2 aliphatic carbocycles. The lowest BCUT2D eigenvalue weighted by atomic mass is 9.61. The molecule has 4 aromatic heterocycles. The molecule has 0 atom stereocenters. The van der Waals surface area contributed by atoms with Gasteiger partial charge in [0.15, 0.2) is 15.7 Å². The number of aromatic nitrogens is 6. The lowest BCUT2D eigenvalue weighted by Gasteiger charge is -2.31. The SMILES string of the molecule is BC(B)(Oc1cnc2cc(N3CCOCC3)nc(O[C@H]3CC[C@@H](n4ccnc4)CC3)c2c1)c1cnn(C2CC2)c1[N+](=O)[O-]. The third-order valence-electron chi connectivity index (χ3n) is 8.67. The summed E-state index contributed by atoms with van der Waals surface area (Å²) in [6.07, 6.45) is 14.5. The minimum Gasteiger partial charge on any atom is -0.499 e. The summed E-state index contributed by atoms with van der Waals surface area (Å²) in [7, 11) is 3.63. The zero-order chi connectivity index (χ0) is 29.6. The van der Waals surface area contributed by atoms with Crippen molar-refractivity contribution in [1.29, 1.82) is 0 Å². The van der Waals surface area contributed by atoms with Gasteiger partial charge in [-0.25, -0.2) is 4.98 Å². The molecule has 5 heterocycles. The number of hydrogen-bond donors (Lipinski definition) is 0. The molecule has 3 aliphatic rings. The van der Waals surface area contributed by atoms with Gasteiger partial charge in [0.25, 0.3) is 0 Å². The van der Waals surface area contributed by atoms with Crippen LogP contribution in [0.5, 0.6) is 11.6 Å². The monoisotopic (exact) mass is 584 g/mol. The van der Waals surface area contributed by atoms with E-state index in [4.69, 9.17) is 24.2 Å². The normalized spacial score (nSPS) is 21.2. The standard InChI is InChI=1S/C28H34B2N8O5/c29-28(30,23-16-33-37(19-1-2-19)27(23)38(39)40)43-21-13-22-24(32-15-21)14-25(35-9-11-41-12-10-35)34-26(22)42-20-5-3-18(4-6-20)36-8-7-31-17-36/h7-8,13-20H,1-6,9-12,29-30H2/t18-,20+. The smallest absolute Gasteiger partial charge is 0.350 e. The maximum Gasteiger partial charge on any atom is 0.350 e. The van der Waals surface area contributed by atoms with Gasteiger partial charge in [-0.05, 0) is 49.5 Å². The molecule has 0 amide bonds. The van der Waals surface area contributed by atoms with Crippen LogP contribution in [0.4, 0.5) is 11.6 Å². The van der Waals surface area contributed by atoms with E-state index >= 15 is 0 Å². The highest BCUT2D eigenvalue weighted by molar-refractivity contribution is 6.39. The Kier molecular flexibility index (Phi) is 7.20. The quantitative estimate of drug-likeness (QED) is 0.164. The minimum absolute atomic E-state index is 0.0200. The Balaban J connectivity index is 1.18. The van der Waals surface area contributed by atoms with E-state index in [9.17, 15) is 10.1 Å². The Morgan fingerprint density at radius 3 is 2.51 bits per heavy atom. The molecule has 0 bridgehead atoms. The third kappa shape index (κ3) is 5.65. The van der Waals surface area contributed by atoms with Gasteiger partial charge >= 0.3 is 5.82 Å². The van der Waals surface area contributed by atoms with Gasteiger partial charge in [-0.1, -0.05) is 5.10 Å². The van der Waals surface area contributed by atoms with Crippen molar-refractivity contribution >= 4 is 38.2 Å². The van der Waals surface area contributed by atoms with Crippen molar-refractivity contribution in [3.05, 3.63) is 58.9 Å². The molecule has 0 spiro atoms. The Labute approximate surface area is 250 Å². The Hall–Kier alpha value is -4.13. The molecular weight excluding hydrogens is 550 g/mol. The number of hydrogen-bond acceptors (Lipinski definition) is 10. The van der Waals surface area contributed by atoms with Crippen LogP contribution in [0.3, 0.4) is 0 Å². The predicted molar refractivity (Wildman–Crippen MR) is 163 cm³/mol. The van der Waals surface area contributed by atoms with Gasteiger partial charge in [0.05, 0.1) is 53.8 Å². The van der Waals surface area contributed by atoms with Crippen LogP contribution >= 0.6 is 0 Å². The van der Waals surface area contributed by atoms with Gasteiger partial charge in [-0.3, -0.25) is 4.98 Å². The highest BCUT2D eigenvalue weighted by Crippen LogP contribution is 2.41. The van der Waals surface area contributed by atoms with Gasteiger partial charge in [-0.2, -0.15) is 4.98 Å². The summed E-state index contributed by atoms with van der Waals surface area (Å²) in [5.74, 6) is 1.78. The van der Waals surface area contributed by atoms with E-state index in [1.165, 1.54) is 4.68 Å². The highest BCUT2D eigenvalue weighted by atomic mass is 16.6. The number of pyridine rings is 2. The van der Waals surface area contributed by atoms with Gasteiger partial charge in [-0.15, -0.1) is 4.68 Å². The number of rotatable bonds is 9. The van der Waals surface area contributed by atoms with Crippen LogP contribution in [0.25, 0.3) is 10.9 Å². The fourth-order valence-electron chi connectivity index (χ4n) is 6.16. The highest BCUT2D eigenvalue weighted by Gasteiger charge is 2.41. The maximum atomic E-state index is 12.0. The molecule has 3 fully saturated rings. The van der Waals surface area contributed by atoms with Crippen LogP contribution in [0, 0.1) is 10.1 Å². The first-order valence-corrected chi connectivity index (χ1v) is 15.0. The second kappa shape index (κ2) is 11.2. The molecule has 13 nitrogen and oxygen atoms in total. The summed E-state index contributed by atoms with van der Waals surface area (Å²) in [6.45, 7) is 2.78. The zero-order valence-corrected chi connectivity index (χ0v) is 24.5. The van der Waals surface area contributed by atoms with Gasteiger partial charge in [0.2, 0.25) is 5.88 Å². The van der Waals surface area contributed by atoms with Gasteiger partial charge in [0, 0.05) is 37.6 Å². The number of ether oxygens (including phenoxy) is 3. The minimum atomic E-state index is -1.03. The molecule has 0 unspecified atom stereocenters. The van der Waals surface area contributed by atoms with E-state index < -0.39 is 5.40 Å².